The first-order valence-corrected chi connectivity index (χ1v) is 2.52. The molecule has 0 amide bonds. The third kappa shape index (κ3) is 1.50. The SMILES string of the molecule is CN1C=CN(C)C1O.Cl. The van der Waals surface area contributed by atoms with Crippen LogP contribution in [0.2, 0.25) is 0 Å². The van der Waals surface area contributed by atoms with E-state index >= 15 is 0 Å². The molecule has 0 aromatic heterocycles. The van der Waals surface area contributed by atoms with Gasteiger partial charge in [-0.1, -0.05) is 0 Å². The van der Waals surface area contributed by atoms with Crippen molar-refractivity contribution in [2.24, 2.45) is 0 Å². The monoisotopic (exact) mass is 150 g/mol. The van der Waals surface area contributed by atoms with Gasteiger partial charge in [-0.3, -0.25) is 0 Å². The Bertz CT molecular complexity index is 106. The first kappa shape index (κ1) is 8.59. The van der Waals surface area contributed by atoms with Crippen LogP contribution in [-0.2, 0) is 0 Å². The van der Waals surface area contributed by atoms with Crippen molar-refractivity contribution in [1.82, 2.24) is 9.80 Å². The Morgan fingerprint density at radius 3 is 1.67 bits per heavy atom. The first-order chi connectivity index (χ1) is 3.72. The number of hydrogen-bond acceptors (Lipinski definition) is 3. The van der Waals surface area contributed by atoms with Crippen LogP contribution in [0.3, 0.4) is 0 Å². The van der Waals surface area contributed by atoms with E-state index in [-0.39, 0.29) is 12.4 Å². The van der Waals surface area contributed by atoms with Crippen molar-refractivity contribution in [3.63, 3.8) is 0 Å². The Balaban J connectivity index is 0.000000640. The first-order valence-electron chi connectivity index (χ1n) is 2.52. The zero-order valence-electron chi connectivity index (χ0n) is 5.48. The lowest BCUT2D eigenvalue weighted by atomic mass is 10.8. The van der Waals surface area contributed by atoms with Crippen molar-refractivity contribution in [2.75, 3.05) is 14.1 Å². The number of hydrogen-bond donors (Lipinski definition) is 1. The maximum atomic E-state index is 9.06. The largest absolute Gasteiger partial charge is 0.356 e. The van der Waals surface area contributed by atoms with E-state index in [2.05, 4.69) is 0 Å². The number of nitrogens with zero attached hydrogens (tertiary/aromatic N) is 2. The van der Waals surface area contributed by atoms with Gasteiger partial charge in [0.15, 0.2) is 0 Å². The van der Waals surface area contributed by atoms with Crippen LogP contribution in [0, 0.1) is 0 Å². The fourth-order valence-electron chi connectivity index (χ4n) is 0.652. The van der Waals surface area contributed by atoms with Crippen molar-refractivity contribution < 1.29 is 5.11 Å². The highest BCUT2D eigenvalue weighted by Crippen LogP contribution is 2.06. The lowest BCUT2D eigenvalue weighted by molar-refractivity contribution is -0.0237. The Labute approximate surface area is 61.0 Å². The van der Waals surface area contributed by atoms with E-state index in [0.717, 1.165) is 0 Å². The molecule has 0 radical (unpaired) electrons. The van der Waals surface area contributed by atoms with E-state index in [4.69, 9.17) is 5.11 Å². The number of rotatable bonds is 0. The van der Waals surface area contributed by atoms with E-state index < -0.39 is 6.35 Å². The number of aliphatic hydroxyl groups excluding tert-OH is 1. The van der Waals surface area contributed by atoms with E-state index in [0.29, 0.717) is 0 Å². The molecule has 1 rings (SSSR count). The quantitative estimate of drug-likeness (QED) is 0.528. The van der Waals surface area contributed by atoms with E-state index in [1.807, 2.05) is 26.5 Å². The summed E-state index contributed by atoms with van der Waals surface area (Å²) in [6.45, 7) is 0. The molecule has 0 aromatic carbocycles. The summed E-state index contributed by atoms with van der Waals surface area (Å²) in [6.07, 6.45) is 3.19. The minimum absolute atomic E-state index is 0. The Morgan fingerprint density at radius 2 is 1.56 bits per heavy atom. The molecule has 1 N–H and O–H groups in total. The summed E-state index contributed by atoms with van der Waals surface area (Å²) in [5, 5.41) is 9.06. The molecule has 0 fully saturated rings. The van der Waals surface area contributed by atoms with Gasteiger partial charge in [-0.15, -0.1) is 12.4 Å². The highest BCUT2D eigenvalue weighted by Gasteiger charge is 2.15. The van der Waals surface area contributed by atoms with Crippen molar-refractivity contribution >= 4 is 12.4 Å². The van der Waals surface area contributed by atoms with Crippen LogP contribution in [0.15, 0.2) is 12.4 Å². The predicted octanol–water partition coefficient (Wildman–Crippen LogP) is 0.0325. The van der Waals surface area contributed by atoms with Crippen LogP contribution in [0.25, 0.3) is 0 Å². The molecule has 0 atom stereocenters. The zero-order chi connectivity index (χ0) is 6.15. The molecule has 0 saturated carbocycles. The van der Waals surface area contributed by atoms with Gasteiger partial charge in [-0.05, 0) is 0 Å². The van der Waals surface area contributed by atoms with Crippen LogP contribution in [0.1, 0.15) is 0 Å². The molecule has 1 heterocycles. The van der Waals surface area contributed by atoms with Gasteiger partial charge < -0.3 is 14.9 Å². The van der Waals surface area contributed by atoms with Gasteiger partial charge in [-0.2, -0.15) is 0 Å². The van der Waals surface area contributed by atoms with E-state index in [1.54, 1.807) is 9.80 Å². The molecule has 0 unspecified atom stereocenters. The van der Waals surface area contributed by atoms with Gasteiger partial charge >= 0.3 is 0 Å². The van der Waals surface area contributed by atoms with Crippen LogP contribution >= 0.6 is 12.4 Å². The molecule has 54 valence electrons. The summed E-state index contributed by atoms with van der Waals surface area (Å²) >= 11 is 0. The van der Waals surface area contributed by atoms with Gasteiger partial charge in [0.2, 0.25) is 6.35 Å². The average molecular weight is 151 g/mol. The second-order valence-electron chi connectivity index (χ2n) is 1.98. The molecular weight excluding hydrogens is 140 g/mol. The maximum Gasteiger partial charge on any atom is 0.206 e. The molecule has 0 aliphatic carbocycles. The third-order valence-corrected chi connectivity index (χ3v) is 1.27. The summed E-state index contributed by atoms with van der Waals surface area (Å²) in [7, 11) is 3.65. The second-order valence-corrected chi connectivity index (χ2v) is 1.98. The number of aliphatic hydroxyl groups is 1. The third-order valence-electron chi connectivity index (χ3n) is 1.27. The van der Waals surface area contributed by atoms with Crippen LogP contribution < -0.4 is 0 Å². The van der Waals surface area contributed by atoms with Gasteiger partial charge in [0, 0.05) is 26.5 Å². The van der Waals surface area contributed by atoms with E-state index in [9.17, 15) is 0 Å². The van der Waals surface area contributed by atoms with Crippen LogP contribution in [0.4, 0.5) is 0 Å². The normalized spacial score (nSPS) is 18.6. The molecule has 1 aliphatic rings. The summed E-state index contributed by atoms with van der Waals surface area (Å²) in [5.74, 6) is 0. The molecule has 3 nitrogen and oxygen atoms in total. The molecule has 1 aliphatic heterocycles. The van der Waals surface area contributed by atoms with Crippen molar-refractivity contribution in [2.45, 2.75) is 6.35 Å². The predicted molar refractivity (Wildman–Crippen MR) is 37.9 cm³/mol. The highest BCUT2D eigenvalue weighted by molar-refractivity contribution is 5.85. The fraction of sp³-hybridized carbons (Fsp3) is 0.600. The summed E-state index contributed by atoms with van der Waals surface area (Å²) in [4.78, 5) is 3.44. The minimum atomic E-state index is -0.463. The molecule has 0 spiro atoms. The summed E-state index contributed by atoms with van der Waals surface area (Å²) < 4.78 is 0. The lowest BCUT2D eigenvalue weighted by Gasteiger charge is -2.20. The Hall–Kier alpha value is -0.410. The summed E-state index contributed by atoms with van der Waals surface area (Å²) in [6, 6.07) is 0. The van der Waals surface area contributed by atoms with Gasteiger partial charge in [0.05, 0.1) is 0 Å². The lowest BCUT2D eigenvalue weighted by Crippen LogP contribution is -2.33. The molecule has 9 heavy (non-hydrogen) atoms. The Kier molecular flexibility index (Phi) is 2.81. The van der Waals surface area contributed by atoms with Gasteiger partial charge in [0.1, 0.15) is 0 Å². The van der Waals surface area contributed by atoms with Crippen LogP contribution in [0.5, 0.6) is 0 Å². The molecule has 0 saturated heterocycles. The Morgan fingerprint density at radius 1 is 1.22 bits per heavy atom. The standard InChI is InChI=1S/C5H10N2O.ClH/c1-6-3-4-7(2)5(6)8;/h3-5,8H,1-2H3;1H. The average Bonchev–Trinajstić information content (AvgIpc) is 1.98. The topological polar surface area (TPSA) is 26.7 Å². The van der Waals surface area contributed by atoms with Gasteiger partial charge in [-0.25, -0.2) is 0 Å². The fourth-order valence-corrected chi connectivity index (χ4v) is 0.652. The van der Waals surface area contributed by atoms with Gasteiger partial charge in [0.25, 0.3) is 0 Å². The molecular formula is C5H11ClN2O. The number of halogens is 1. The van der Waals surface area contributed by atoms with Crippen molar-refractivity contribution in [1.29, 1.82) is 0 Å². The molecule has 0 aromatic rings. The molecule has 0 bridgehead atoms. The second kappa shape index (κ2) is 2.94. The minimum Gasteiger partial charge on any atom is -0.356 e. The smallest absolute Gasteiger partial charge is 0.206 e. The maximum absolute atomic E-state index is 9.06. The van der Waals surface area contributed by atoms with Crippen molar-refractivity contribution in [3.05, 3.63) is 12.4 Å². The highest BCUT2D eigenvalue weighted by atomic mass is 35.5. The van der Waals surface area contributed by atoms with Crippen LogP contribution in [-0.4, -0.2) is 35.4 Å². The van der Waals surface area contributed by atoms with E-state index in [1.165, 1.54) is 0 Å². The molecule has 4 heteroatoms. The zero-order valence-corrected chi connectivity index (χ0v) is 6.30. The summed E-state index contributed by atoms with van der Waals surface area (Å²) in [5.41, 5.74) is 0. The van der Waals surface area contributed by atoms with Crippen molar-refractivity contribution in [3.8, 4) is 0 Å².